The van der Waals surface area contributed by atoms with Gasteiger partial charge in [-0.05, 0) is 19.9 Å². The summed E-state index contributed by atoms with van der Waals surface area (Å²) < 4.78 is 37.5. The third-order valence-electron chi connectivity index (χ3n) is 2.37. The zero-order valence-electron chi connectivity index (χ0n) is 11.6. The quantitative estimate of drug-likeness (QED) is 0.814. The summed E-state index contributed by atoms with van der Waals surface area (Å²) in [7, 11) is 0. The normalized spacial score (nSPS) is 12.6. The SMILES string of the molecule is CCNC(=O)NC(=O)[C@@H](C)Sc1ncc(C(F)(F)F)cc1Cl. The molecule has 122 valence electrons. The van der Waals surface area contributed by atoms with E-state index in [0.717, 1.165) is 17.8 Å². The molecule has 1 rings (SSSR count). The highest BCUT2D eigenvalue weighted by molar-refractivity contribution is 8.00. The molecular weight excluding hydrogens is 343 g/mol. The molecule has 0 spiro atoms. The first-order chi connectivity index (χ1) is 10.1. The molecule has 0 aliphatic carbocycles. The monoisotopic (exact) mass is 355 g/mol. The lowest BCUT2D eigenvalue weighted by Gasteiger charge is -2.13. The van der Waals surface area contributed by atoms with Gasteiger partial charge in [0.1, 0.15) is 5.03 Å². The third kappa shape index (κ3) is 5.38. The average Bonchev–Trinajstić information content (AvgIpc) is 2.39. The van der Waals surface area contributed by atoms with E-state index in [1.807, 2.05) is 0 Å². The van der Waals surface area contributed by atoms with Gasteiger partial charge in [-0.1, -0.05) is 23.4 Å². The standard InChI is InChI=1S/C12H13ClF3N3O2S/c1-3-17-11(21)19-9(20)6(2)22-10-8(13)4-7(5-18-10)12(14,15)16/h4-6H,3H2,1-2H3,(H2,17,19,20,21)/t6-/m1/s1. The number of nitrogens with one attached hydrogen (secondary N) is 2. The number of nitrogens with zero attached hydrogens (tertiary/aromatic N) is 1. The van der Waals surface area contributed by atoms with Crippen molar-refractivity contribution < 1.29 is 22.8 Å². The van der Waals surface area contributed by atoms with Gasteiger partial charge in [-0.3, -0.25) is 10.1 Å². The maximum absolute atomic E-state index is 12.5. The van der Waals surface area contributed by atoms with Crippen LogP contribution < -0.4 is 10.6 Å². The summed E-state index contributed by atoms with van der Waals surface area (Å²) in [4.78, 5) is 26.6. The van der Waals surface area contributed by atoms with Gasteiger partial charge in [0.15, 0.2) is 0 Å². The minimum atomic E-state index is -4.54. The molecule has 0 aromatic carbocycles. The van der Waals surface area contributed by atoms with Gasteiger partial charge < -0.3 is 5.32 Å². The summed E-state index contributed by atoms with van der Waals surface area (Å²) >= 11 is 6.60. The molecule has 22 heavy (non-hydrogen) atoms. The zero-order chi connectivity index (χ0) is 16.9. The van der Waals surface area contributed by atoms with E-state index >= 15 is 0 Å². The molecular formula is C12H13ClF3N3O2S. The molecule has 3 amide bonds. The van der Waals surface area contributed by atoms with Gasteiger partial charge in [0, 0.05) is 12.7 Å². The smallest absolute Gasteiger partial charge is 0.338 e. The van der Waals surface area contributed by atoms with Crippen LogP contribution in [-0.2, 0) is 11.0 Å². The lowest BCUT2D eigenvalue weighted by molar-refractivity contribution is -0.137. The van der Waals surface area contributed by atoms with Crippen LogP contribution in [0.5, 0.6) is 0 Å². The number of pyridine rings is 1. The number of hydrogen-bond acceptors (Lipinski definition) is 4. The Bertz CT molecular complexity index is 569. The van der Waals surface area contributed by atoms with Gasteiger partial charge in [0.25, 0.3) is 0 Å². The summed E-state index contributed by atoms with van der Waals surface area (Å²) in [6.07, 6.45) is -3.90. The molecule has 1 aromatic rings. The fourth-order valence-corrected chi connectivity index (χ4v) is 2.39. The highest BCUT2D eigenvalue weighted by Gasteiger charge is 2.32. The minimum Gasteiger partial charge on any atom is -0.338 e. The van der Waals surface area contributed by atoms with Crippen molar-refractivity contribution in [1.29, 1.82) is 0 Å². The fraction of sp³-hybridized carbons (Fsp3) is 0.417. The number of carbonyl (C=O) groups excluding carboxylic acids is 2. The largest absolute Gasteiger partial charge is 0.417 e. The Labute approximate surface area is 134 Å². The average molecular weight is 356 g/mol. The third-order valence-corrected chi connectivity index (χ3v) is 3.88. The topological polar surface area (TPSA) is 71.1 Å². The van der Waals surface area contributed by atoms with E-state index < -0.39 is 28.9 Å². The lowest BCUT2D eigenvalue weighted by Crippen LogP contribution is -2.42. The molecule has 1 atom stereocenters. The van der Waals surface area contributed by atoms with Gasteiger partial charge >= 0.3 is 12.2 Å². The van der Waals surface area contributed by atoms with Gasteiger partial charge in [0.2, 0.25) is 5.91 Å². The molecule has 1 aromatic heterocycles. The number of alkyl halides is 3. The molecule has 0 saturated carbocycles. The Hall–Kier alpha value is -1.48. The van der Waals surface area contributed by atoms with Crippen LogP contribution in [0.3, 0.4) is 0 Å². The predicted molar refractivity (Wildman–Crippen MR) is 76.8 cm³/mol. The molecule has 0 aliphatic rings. The minimum absolute atomic E-state index is 0.0771. The van der Waals surface area contributed by atoms with Crippen molar-refractivity contribution in [3.63, 3.8) is 0 Å². The zero-order valence-corrected chi connectivity index (χ0v) is 13.2. The van der Waals surface area contributed by atoms with Crippen molar-refractivity contribution in [3.05, 3.63) is 22.8 Å². The number of thioether (sulfide) groups is 1. The molecule has 0 unspecified atom stereocenters. The Morgan fingerprint density at radius 3 is 2.59 bits per heavy atom. The number of aromatic nitrogens is 1. The molecule has 0 saturated heterocycles. The number of urea groups is 1. The van der Waals surface area contributed by atoms with Crippen LogP contribution in [0.1, 0.15) is 19.4 Å². The van der Waals surface area contributed by atoms with E-state index in [9.17, 15) is 22.8 Å². The van der Waals surface area contributed by atoms with Crippen molar-refractivity contribution in [2.45, 2.75) is 30.3 Å². The van der Waals surface area contributed by atoms with E-state index in [2.05, 4.69) is 15.6 Å². The van der Waals surface area contributed by atoms with Crippen LogP contribution in [0.15, 0.2) is 17.3 Å². The highest BCUT2D eigenvalue weighted by atomic mass is 35.5. The predicted octanol–water partition coefficient (Wildman–Crippen LogP) is 3.08. The molecule has 0 fully saturated rings. The molecule has 0 bridgehead atoms. The lowest BCUT2D eigenvalue weighted by atomic mass is 10.3. The Kier molecular flexibility index (Phi) is 6.48. The first-order valence-corrected chi connectivity index (χ1v) is 7.39. The van der Waals surface area contributed by atoms with Crippen molar-refractivity contribution in [2.75, 3.05) is 6.54 Å². The second kappa shape index (κ2) is 7.68. The van der Waals surface area contributed by atoms with E-state index in [0.29, 0.717) is 12.7 Å². The molecule has 2 N–H and O–H groups in total. The number of rotatable bonds is 4. The van der Waals surface area contributed by atoms with E-state index in [1.54, 1.807) is 6.92 Å². The first-order valence-electron chi connectivity index (χ1n) is 6.13. The summed E-state index contributed by atoms with van der Waals surface area (Å²) in [5.41, 5.74) is -0.971. The van der Waals surface area contributed by atoms with Gasteiger partial charge in [-0.15, -0.1) is 0 Å². The Morgan fingerprint density at radius 2 is 2.09 bits per heavy atom. The van der Waals surface area contributed by atoms with Crippen molar-refractivity contribution in [1.82, 2.24) is 15.6 Å². The van der Waals surface area contributed by atoms with Crippen LogP contribution in [0.4, 0.5) is 18.0 Å². The van der Waals surface area contributed by atoms with E-state index in [4.69, 9.17) is 11.6 Å². The van der Waals surface area contributed by atoms with Crippen LogP contribution in [0.25, 0.3) is 0 Å². The van der Waals surface area contributed by atoms with Crippen molar-refractivity contribution >= 4 is 35.3 Å². The van der Waals surface area contributed by atoms with E-state index in [-0.39, 0.29) is 10.0 Å². The second-order valence-corrected chi connectivity index (χ2v) is 5.85. The number of halogens is 4. The Balaban J connectivity index is 2.74. The van der Waals surface area contributed by atoms with Gasteiger partial charge in [-0.25, -0.2) is 9.78 Å². The fourth-order valence-electron chi connectivity index (χ4n) is 1.31. The molecule has 0 radical (unpaired) electrons. The Morgan fingerprint density at radius 1 is 1.45 bits per heavy atom. The maximum Gasteiger partial charge on any atom is 0.417 e. The van der Waals surface area contributed by atoms with Gasteiger partial charge in [0.05, 0.1) is 15.8 Å². The second-order valence-electron chi connectivity index (χ2n) is 4.12. The number of hydrogen-bond donors (Lipinski definition) is 2. The summed E-state index contributed by atoms with van der Waals surface area (Å²) in [5, 5.41) is 3.59. The van der Waals surface area contributed by atoms with Gasteiger partial charge in [-0.2, -0.15) is 13.2 Å². The van der Waals surface area contributed by atoms with Crippen LogP contribution in [0.2, 0.25) is 5.02 Å². The van der Waals surface area contributed by atoms with Crippen molar-refractivity contribution in [2.24, 2.45) is 0 Å². The van der Waals surface area contributed by atoms with Crippen LogP contribution >= 0.6 is 23.4 Å². The number of carbonyl (C=O) groups is 2. The summed E-state index contributed by atoms with van der Waals surface area (Å²) in [6, 6.07) is 0.0945. The van der Waals surface area contributed by atoms with Crippen LogP contribution in [-0.4, -0.2) is 28.7 Å². The number of amides is 3. The summed E-state index contributed by atoms with van der Waals surface area (Å²) in [5.74, 6) is -0.603. The first kappa shape index (κ1) is 18.6. The highest BCUT2D eigenvalue weighted by Crippen LogP contribution is 2.34. The molecule has 1 heterocycles. The number of imide groups is 1. The molecule has 5 nitrogen and oxygen atoms in total. The summed E-state index contributed by atoms with van der Waals surface area (Å²) in [6.45, 7) is 3.52. The maximum atomic E-state index is 12.5. The molecule has 0 aliphatic heterocycles. The molecule has 10 heteroatoms. The van der Waals surface area contributed by atoms with Crippen LogP contribution in [0, 0.1) is 0 Å². The van der Waals surface area contributed by atoms with Crippen molar-refractivity contribution in [3.8, 4) is 0 Å². The van der Waals surface area contributed by atoms with E-state index in [1.165, 1.54) is 6.92 Å².